The number of aryl methyl sites for hydroxylation is 1. The molecule has 66 heavy (non-hydrogen) atoms. The zero-order valence-corrected chi connectivity index (χ0v) is 39.6. The van der Waals surface area contributed by atoms with Gasteiger partial charge in [-0.1, -0.05) is 46.4 Å². The summed E-state index contributed by atoms with van der Waals surface area (Å²) in [7, 11) is 3.25. The fourth-order valence-corrected chi connectivity index (χ4v) is 10.1. The number of hydrazine groups is 1. The molecule has 3 aliphatic rings. The molecule has 352 valence electrons. The van der Waals surface area contributed by atoms with Gasteiger partial charge in [0.15, 0.2) is 0 Å². The molecule has 3 N–H and O–H groups in total. The van der Waals surface area contributed by atoms with Crippen LogP contribution in [0.2, 0.25) is 0 Å². The molecule has 4 atom stereocenters. The minimum Gasteiger partial charge on any atom is -0.508 e. The van der Waals surface area contributed by atoms with E-state index in [0.29, 0.717) is 56.5 Å². The SMILES string of the molecule is C=CC(=O)N1CC[C@H](C(=O)N(C)[C@H](C(=O)NC2(C)Cc3cc(O)cc(c3)-c3ccc4c(c3)c(c(-c3cnccc3COC)n4CC)CC(C)(C)COC(=O)[C@@H]3CCCN(N3)C2=O)C(C)C)C1. The summed E-state index contributed by atoms with van der Waals surface area (Å²) in [6, 6.07) is 11.6. The van der Waals surface area contributed by atoms with Crippen LogP contribution in [0.1, 0.15) is 77.5 Å². The van der Waals surface area contributed by atoms with Crippen molar-refractivity contribution in [2.75, 3.05) is 40.4 Å². The van der Waals surface area contributed by atoms with Crippen molar-refractivity contribution < 1.29 is 38.6 Å². The van der Waals surface area contributed by atoms with E-state index in [1.165, 1.54) is 16.0 Å². The Morgan fingerprint density at radius 2 is 1.85 bits per heavy atom. The van der Waals surface area contributed by atoms with E-state index in [-0.39, 0.29) is 49.6 Å². The Morgan fingerprint density at radius 3 is 2.56 bits per heavy atom. The summed E-state index contributed by atoms with van der Waals surface area (Å²) in [5.41, 5.74) is 8.07. The summed E-state index contributed by atoms with van der Waals surface area (Å²) in [6.07, 6.45) is 6.75. The average molecular weight is 904 g/mol. The summed E-state index contributed by atoms with van der Waals surface area (Å²) >= 11 is 0. The predicted molar refractivity (Wildman–Crippen MR) is 252 cm³/mol. The number of hydrogen-bond donors (Lipinski definition) is 3. The van der Waals surface area contributed by atoms with Crippen molar-refractivity contribution in [1.82, 2.24) is 35.1 Å². The maximum Gasteiger partial charge on any atom is 0.324 e. The fourth-order valence-electron chi connectivity index (χ4n) is 10.1. The quantitative estimate of drug-likeness (QED) is 0.130. The number of benzene rings is 2. The van der Waals surface area contributed by atoms with Crippen molar-refractivity contribution in [2.24, 2.45) is 17.3 Å². The van der Waals surface area contributed by atoms with Crippen molar-refractivity contribution >= 4 is 40.5 Å². The van der Waals surface area contributed by atoms with Gasteiger partial charge in [-0.25, -0.2) is 5.43 Å². The second-order valence-electron chi connectivity index (χ2n) is 19.5. The van der Waals surface area contributed by atoms with Gasteiger partial charge in [-0.05, 0) is 110 Å². The summed E-state index contributed by atoms with van der Waals surface area (Å²) in [4.78, 5) is 77.5. The lowest BCUT2D eigenvalue weighted by molar-refractivity contribution is -0.157. The molecule has 1 unspecified atom stereocenters. The van der Waals surface area contributed by atoms with E-state index in [2.05, 4.69) is 59.8 Å². The molecule has 2 fully saturated rings. The molecule has 4 aromatic rings. The number of hydrogen-bond acceptors (Lipinski definition) is 10. The number of likely N-dealkylation sites (tertiary alicyclic amines) is 1. The number of aromatic hydroxyl groups is 1. The van der Waals surface area contributed by atoms with E-state index in [4.69, 9.17) is 9.47 Å². The van der Waals surface area contributed by atoms with Gasteiger partial charge in [-0.2, -0.15) is 0 Å². The maximum atomic E-state index is 15.0. The third-order valence-corrected chi connectivity index (χ3v) is 13.4. The van der Waals surface area contributed by atoms with Gasteiger partial charge in [0.05, 0.1) is 24.8 Å². The first-order valence-electron chi connectivity index (χ1n) is 23.0. The summed E-state index contributed by atoms with van der Waals surface area (Å²) < 4.78 is 14.0. The molecule has 0 aliphatic carbocycles. The number of esters is 1. The molecule has 2 aromatic carbocycles. The number of aromatic nitrogens is 2. The second kappa shape index (κ2) is 19.4. The number of amides is 4. The number of ether oxygens (including phenoxy) is 2. The van der Waals surface area contributed by atoms with Crippen LogP contribution in [0.3, 0.4) is 0 Å². The van der Waals surface area contributed by atoms with Gasteiger partial charge in [0.1, 0.15) is 23.4 Å². The van der Waals surface area contributed by atoms with Gasteiger partial charge in [0.25, 0.3) is 5.91 Å². The minimum atomic E-state index is -1.64. The molecular weight excluding hydrogens is 839 g/mol. The number of phenols is 1. The third-order valence-electron chi connectivity index (χ3n) is 13.4. The van der Waals surface area contributed by atoms with Crippen molar-refractivity contribution in [3.05, 3.63) is 84.2 Å². The van der Waals surface area contributed by atoms with Crippen LogP contribution in [-0.2, 0) is 59.4 Å². The van der Waals surface area contributed by atoms with Crippen LogP contribution in [-0.4, -0.2) is 117 Å². The van der Waals surface area contributed by atoms with E-state index >= 15 is 4.79 Å². The van der Waals surface area contributed by atoms with E-state index < -0.39 is 46.7 Å². The molecule has 0 radical (unpaired) electrons. The van der Waals surface area contributed by atoms with Gasteiger partial charge in [-0.3, -0.25) is 34.0 Å². The zero-order chi connectivity index (χ0) is 47.7. The number of fused-ring (bicyclic) bond motifs is 6. The van der Waals surface area contributed by atoms with Crippen LogP contribution >= 0.6 is 0 Å². The highest BCUT2D eigenvalue weighted by Gasteiger charge is 2.45. The van der Waals surface area contributed by atoms with Crippen molar-refractivity contribution in [3.63, 3.8) is 0 Å². The first kappa shape index (κ1) is 47.9. The molecular formula is C51H65N7O8. The molecule has 3 aliphatic heterocycles. The number of cyclic esters (lactones) is 1. The second-order valence-corrected chi connectivity index (χ2v) is 19.5. The molecule has 15 heteroatoms. The Kier molecular flexibility index (Phi) is 14.1. The molecule has 5 heterocycles. The van der Waals surface area contributed by atoms with Gasteiger partial charge < -0.3 is 34.3 Å². The van der Waals surface area contributed by atoms with Crippen molar-refractivity contribution in [1.29, 1.82) is 0 Å². The Bertz CT molecular complexity index is 2530. The first-order chi connectivity index (χ1) is 31.4. The number of carbonyl (C=O) groups excluding carboxylic acids is 5. The number of carbonyl (C=O) groups is 5. The summed E-state index contributed by atoms with van der Waals surface area (Å²) in [6.45, 7) is 17.2. The number of nitrogens with one attached hydrogen (secondary N) is 2. The Hall–Kier alpha value is -6.06. The standard InChI is InChI=1S/C51H65N7O8/c1-10-43(60)56-20-17-34(28-56)47(62)55(8)44(31(3)4)46(61)53-51(7)25-32-21-36(23-37(59)22-32)33-14-15-42-38(24-33)39(45(57(42)11-2)40-27-52-18-16-35(40)29-65-9)26-50(5,6)30-66-48(63)41-13-12-19-58(54-41)49(51)64/h10,14-16,18,21-24,27,31,34,41,44,54,59H,1,11-13,17,19-20,25-26,28-30H2,2-9H3,(H,53,61)/t34-,41-,44-,51?/m0/s1. The average Bonchev–Trinajstić information content (AvgIpc) is 3.90. The normalized spacial score (nSPS) is 21.6. The van der Waals surface area contributed by atoms with Crippen LogP contribution in [0.25, 0.3) is 33.3 Å². The lowest BCUT2D eigenvalue weighted by atomic mass is 9.84. The number of pyridine rings is 1. The number of methoxy groups -OCH3 is 1. The highest BCUT2D eigenvalue weighted by atomic mass is 16.5. The van der Waals surface area contributed by atoms with E-state index in [1.54, 1.807) is 44.3 Å². The van der Waals surface area contributed by atoms with Gasteiger partial charge in [0, 0.05) is 81.0 Å². The minimum absolute atomic E-state index is 0.0179. The molecule has 2 saturated heterocycles. The van der Waals surface area contributed by atoms with Crippen LogP contribution in [0.15, 0.2) is 67.5 Å². The molecule has 6 bridgehead atoms. The van der Waals surface area contributed by atoms with E-state index in [0.717, 1.165) is 38.9 Å². The van der Waals surface area contributed by atoms with Crippen LogP contribution < -0.4 is 10.7 Å². The Balaban J connectivity index is 1.33. The highest BCUT2D eigenvalue weighted by Crippen LogP contribution is 2.41. The van der Waals surface area contributed by atoms with Crippen molar-refractivity contribution in [3.8, 4) is 28.1 Å². The number of rotatable bonds is 10. The van der Waals surface area contributed by atoms with Gasteiger partial charge in [0.2, 0.25) is 17.7 Å². The number of nitrogens with zero attached hydrogens (tertiary/aromatic N) is 5. The highest BCUT2D eigenvalue weighted by molar-refractivity contribution is 5.97. The van der Waals surface area contributed by atoms with Gasteiger partial charge >= 0.3 is 5.97 Å². The molecule has 7 rings (SSSR count). The van der Waals surface area contributed by atoms with E-state index in [1.807, 2.05) is 38.2 Å². The van der Waals surface area contributed by atoms with E-state index in [9.17, 15) is 24.3 Å². The molecule has 4 amide bonds. The predicted octanol–water partition coefficient (Wildman–Crippen LogP) is 5.80. The van der Waals surface area contributed by atoms with Crippen LogP contribution in [0.4, 0.5) is 0 Å². The lowest BCUT2D eigenvalue weighted by Gasteiger charge is -2.41. The maximum absolute atomic E-state index is 15.0. The smallest absolute Gasteiger partial charge is 0.324 e. The molecule has 0 saturated carbocycles. The third kappa shape index (κ3) is 9.73. The summed E-state index contributed by atoms with van der Waals surface area (Å²) in [5, 5.41) is 16.8. The van der Waals surface area contributed by atoms with Crippen LogP contribution in [0.5, 0.6) is 5.75 Å². The van der Waals surface area contributed by atoms with Crippen LogP contribution in [0, 0.1) is 17.3 Å². The fraction of sp³-hybridized carbons (Fsp3) is 0.490. The molecule has 15 nitrogen and oxygen atoms in total. The molecule has 2 aromatic heterocycles. The number of likely N-dealkylation sites (N-methyl/N-ethyl adjacent to an activating group) is 1. The Morgan fingerprint density at radius 1 is 1.08 bits per heavy atom. The molecule has 0 spiro atoms. The largest absolute Gasteiger partial charge is 0.508 e. The number of phenolic OH excluding ortho intramolecular Hbond substituents is 1. The monoisotopic (exact) mass is 903 g/mol. The topological polar surface area (TPSA) is 176 Å². The Labute approximate surface area is 387 Å². The van der Waals surface area contributed by atoms with Gasteiger partial charge in [-0.15, -0.1) is 0 Å². The first-order valence-corrected chi connectivity index (χ1v) is 23.0. The summed E-state index contributed by atoms with van der Waals surface area (Å²) in [5.74, 6) is -2.93. The zero-order valence-electron chi connectivity index (χ0n) is 39.6. The lowest BCUT2D eigenvalue weighted by Crippen LogP contribution is -2.67. The van der Waals surface area contributed by atoms with Crippen molar-refractivity contribution in [2.45, 2.75) is 104 Å².